The molecule has 1 atom stereocenters. The average molecular weight is 546 g/mol. The molecule has 1 heterocycles. The minimum absolute atomic E-state index is 0.0566. The van der Waals surface area contributed by atoms with Gasteiger partial charge in [-0.25, -0.2) is 4.79 Å². The van der Waals surface area contributed by atoms with Gasteiger partial charge in [0.05, 0.1) is 50.2 Å². The Balaban J connectivity index is 1.83. The number of rotatable bonds is 10. The Hall–Kier alpha value is -4.79. The van der Waals surface area contributed by atoms with E-state index in [1.165, 1.54) is 12.0 Å². The highest BCUT2D eigenvalue weighted by Crippen LogP contribution is 2.42. The molecule has 1 saturated heterocycles. The number of hydrogen-bond donors (Lipinski definition) is 1. The van der Waals surface area contributed by atoms with Crippen LogP contribution >= 0.6 is 0 Å². The standard InChI is InChI=1S/C31H31NO8/c1-5-39-23-15-16-24(25(17-23)40-6-2)28(33)26-27(20-11-13-22(37-3)14-12-20)32(30(35)29(26)34)18-19-7-9-21(10-8-19)31(36)38-4/h7-17,27,33H,5-6,18H2,1-4H3/b28-26-. The maximum absolute atomic E-state index is 13.5. The molecule has 208 valence electrons. The number of Topliss-reactive ketones (excluding diaryl/α,β-unsaturated/α-hetero) is 1. The van der Waals surface area contributed by atoms with Gasteiger partial charge in [-0.1, -0.05) is 24.3 Å². The van der Waals surface area contributed by atoms with E-state index in [0.717, 1.165) is 0 Å². The molecule has 9 nitrogen and oxygen atoms in total. The van der Waals surface area contributed by atoms with Gasteiger partial charge in [-0.15, -0.1) is 0 Å². The summed E-state index contributed by atoms with van der Waals surface area (Å²) in [4.78, 5) is 40.1. The summed E-state index contributed by atoms with van der Waals surface area (Å²) in [6, 6.07) is 17.5. The van der Waals surface area contributed by atoms with E-state index in [4.69, 9.17) is 18.9 Å². The third-order valence-corrected chi connectivity index (χ3v) is 6.52. The summed E-state index contributed by atoms with van der Waals surface area (Å²) in [6.45, 7) is 4.47. The topological polar surface area (TPSA) is 112 Å². The fraction of sp³-hybridized carbons (Fsp3) is 0.258. The van der Waals surface area contributed by atoms with Crippen LogP contribution in [-0.4, -0.2) is 55.1 Å². The lowest BCUT2D eigenvalue weighted by molar-refractivity contribution is -0.140. The van der Waals surface area contributed by atoms with Crippen LogP contribution in [0.15, 0.2) is 72.3 Å². The van der Waals surface area contributed by atoms with Crippen LogP contribution in [0.25, 0.3) is 5.76 Å². The third kappa shape index (κ3) is 5.63. The molecule has 0 bridgehead atoms. The number of carbonyl (C=O) groups excluding carboxylic acids is 3. The van der Waals surface area contributed by atoms with E-state index in [1.54, 1.807) is 80.8 Å². The summed E-state index contributed by atoms with van der Waals surface area (Å²) < 4.78 is 21.4. The summed E-state index contributed by atoms with van der Waals surface area (Å²) in [5, 5.41) is 11.6. The number of benzene rings is 3. The lowest BCUT2D eigenvalue weighted by Crippen LogP contribution is -2.29. The number of hydrogen-bond acceptors (Lipinski definition) is 8. The van der Waals surface area contributed by atoms with Crippen LogP contribution in [0.5, 0.6) is 17.2 Å². The van der Waals surface area contributed by atoms with Crippen LogP contribution in [0.1, 0.15) is 46.9 Å². The molecule has 40 heavy (non-hydrogen) atoms. The molecule has 1 N–H and O–H groups in total. The number of carbonyl (C=O) groups is 3. The zero-order valence-corrected chi connectivity index (χ0v) is 22.8. The van der Waals surface area contributed by atoms with Crippen molar-refractivity contribution >= 4 is 23.4 Å². The van der Waals surface area contributed by atoms with Crippen LogP contribution in [0.3, 0.4) is 0 Å². The van der Waals surface area contributed by atoms with Crippen molar-refractivity contribution < 1.29 is 38.4 Å². The van der Waals surface area contributed by atoms with Crippen LogP contribution in [0.2, 0.25) is 0 Å². The van der Waals surface area contributed by atoms with Crippen molar-refractivity contribution in [2.75, 3.05) is 27.4 Å². The number of ether oxygens (including phenoxy) is 4. The summed E-state index contributed by atoms with van der Waals surface area (Å²) in [5.74, 6) is -0.942. The van der Waals surface area contributed by atoms with Crippen LogP contribution < -0.4 is 14.2 Å². The van der Waals surface area contributed by atoms with Crippen molar-refractivity contribution in [3.05, 3.63) is 94.6 Å². The molecule has 1 amide bonds. The quantitative estimate of drug-likeness (QED) is 0.166. The average Bonchev–Trinajstić information content (AvgIpc) is 3.22. The molecular formula is C31H31NO8. The first-order chi connectivity index (χ1) is 19.3. The molecule has 1 aliphatic rings. The fourth-order valence-electron chi connectivity index (χ4n) is 4.61. The second kappa shape index (κ2) is 12.4. The van der Waals surface area contributed by atoms with Gasteiger partial charge in [0.25, 0.3) is 11.7 Å². The molecule has 0 saturated carbocycles. The van der Waals surface area contributed by atoms with E-state index >= 15 is 0 Å². The summed E-state index contributed by atoms with van der Waals surface area (Å²) >= 11 is 0. The Bertz CT molecular complexity index is 1430. The fourth-order valence-corrected chi connectivity index (χ4v) is 4.61. The number of likely N-dealkylation sites (tertiary alicyclic amines) is 1. The number of methoxy groups -OCH3 is 2. The highest BCUT2D eigenvalue weighted by molar-refractivity contribution is 6.46. The van der Waals surface area contributed by atoms with Crippen molar-refractivity contribution in [2.45, 2.75) is 26.4 Å². The maximum Gasteiger partial charge on any atom is 0.337 e. The number of esters is 1. The Morgan fingerprint density at radius 3 is 2.12 bits per heavy atom. The zero-order chi connectivity index (χ0) is 28.8. The van der Waals surface area contributed by atoms with Gasteiger partial charge < -0.3 is 29.0 Å². The van der Waals surface area contributed by atoms with Crippen LogP contribution in [0, 0.1) is 0 Å². The van der Waals surface area contributed by atoms with Gasteiger partial charge in [0.2, 0.25) is 0 Å². The van der Waals surface area contributed by atoms with Crippen molar-refractivity contribution in [3.8, 4) is 17.2 Å². The van der Waals surface area contributed by atoms with Gasteiger partial charge in [-0.05, 0) is 61.4 Å². The molecule has 1 aliphatic heterocycles. The Kier molecular flexibility index (Phi) is 8.73. The Labute approximate surface area is 232 Å². The second-order valence-electron chi connectivity index (χ2n) is 8.91. The lowest BCUT2D eigenvalue weighted by atomic mass is 9.94. The molecule has 0 aromatic heterocycles. The van der Waals surface area contributed by atoms with Gasteiger partial charge >= 0.3 is 5.97 Å². The summed E-state index contributed by atoms with van der Waals surface area (Å²) in [7, 11) is 2.84. The lowest BCUT2D eigenvalue weighted by Gasteiger charge is -2.26. The third-order valence-electron chi connectivity index (χ3n) is 6.52. The van der Waals surface area contributed by atoms with Crippen molar-refractivity contribution in [2.24, 2.45) is 0 Å². The van der Waals surface area contributed by atoms with Crippen molar-refractivity contribution in [1.82, 2.24) is 4.90 Å². The number of amides is 1. The monoisotopic (exact) mass is 545 g/mol. The number of aliphatic hydroxyl groups excluding tert-OH is 1. The highest BCUT2D eigenvalue weighted by atomic mass is 16.5. The molecule has 0 radical (unpaired) electrons. The van der Waals surface area contributed by atoms with Gasteiger partial charge in [0, 0.05) is 12.6 Å². The highest BCUT2D eigenvalue weighted by Gasteiger charge is 2.46. The minimum Gasteiger partial charge on any atom is -0.507 e. The molecule has 0 spiro atoms. The molecule has 1 unspecified atom stereocenters. The Morgan fingerprint density at radius 2 is 1.52 bits per heavy atom. The number of aliphatic hydroxyl groups is 1. The van der Waals surface area contributed by atoms with E-state index in [2.05, 4.69) is 0 Å². The van der Waals surface area contributed by atoms with Crippen LogP contribution in [0.4, 0.5) is 0 Å². The Morgan fingerprint density at radius 1 is 0.875 bits per heavy atom. The summed E-state index contributed by atoms with van der Waals surface area (Å²) in [6.07, 6.45) is 0. The second-order valence-corrected chi connectivity index (χ2v) is 8.91. The first-order valence-electron chi connectivity index (χ1n) is 12.8. The SMILES string of the molecule is CCOc1ccc(/C(O)=C2/C(=O)C(=O)N(Cc3ccc(C(=O)OC)cc3)C2c2ccc(OC)cc2)c(OCC)c1. The van der Waals surface area contributed by atoms with Crippen molar-refractivity contribution in [1.29, 1.82) is 0 Å². The summed E-state index contributed by atoms with van der Waals surface area (Å²) in [5.41, 5.74) is 1.86. The zero-order valence-electron chi connectivity index (χ0n) is 22.8. The van der Waals surface area contributed by atoms with Gasteiger partial charge in [0.15, 0.2) is 0 Å². The predicted molar refractivity (Wildman–Crippen MR) is 147 cm³/mol. The largest absolute Gasteiger partial charge is 0.507 e. The molecule has 1 fully saturated rings. The molecular weight excluding hydrogens is 514 g/mol. The smallest absolute Gasteiger partial charge is 0.337 e. The molecule has 0 aliphatic carbocycles. The van der Waals surface area contributed by atoms with E-state index in [1.807, 2.05) is 6.92 Å². The molecule has 4 rings (SSSR count). The minimum atomic E-state index is -0.896. The van der Waals surface area contributed by atoms with E-state index in [-0.39, 0.29) is 23.4 Å². The molecule has 9 heteroatoms. The number of nitrogens with zero attached hydrogens (tertiary/aromatic N) is 1. The number of ketones is 1. The van der Waals surface area contributed by atoms with E-state index < -0.39 is 23.7 Å². The van der Waals surface area contributed by atoms with Gasteiger partial charge in [-0.3, -0.25) is 9.59 Å². The van der Waals surface area contributed by atoms with E-state index in [0.29, 0.717) is 47.2 Å². The van der Waals surface area contributed by atoms with Gasteiger partial charge in [-0.2, -0.15) is 0 Å². The predicted octanol–water partition coefficient (Wildman–Crippen LogP) is 4.90. The first kappa shape index (κ1) is 28.2. The van der Waals surface area contributed by atoms with E-state index in [9.17, 15) is 19.5 Å². The maximum atomic E-state index is 13.5. The molecule has 3 aromatic rings. The van der Waals surface area contributed by atoms with Gasteiger partial charge in [0.1, 0.15) is 23.0 Å². The normalized spacial score (nSPS) is 16.1. The first-order valence-corrected chi connectivity index (χ1v) is 12.8. The van der Waals surface area contributed by atoms with Crippen LogP contribution in [-0.2, 0) is 20.9 Å². The molecule has 3 aromatic carbocycles. The van der Waals surface area contributed by atoms with Crippen molar-refractivity contribution in [3.63, 3.8) is 0 Å².